The summed E-state index contributed by atoms with van der Waals surface area (Å²) in [6.45, 7) is 2.11. The van der Waals surface area contributed by atoms with Crippen LogP contribution < -0.4 is 109 Å². The Balaban J connectivity index is -0.000000270. The Morgan fingerprint density at radius 3 is 2.10 bits per heavy atom. The largest absolute Gasteiger partial charge is 1.00 e. The minimum absolute atomic E-state index is 0. The van der Waals surface area contributed by atoms with Crippen molar-refractivity contribution in [3.05, 3.63) is 0 Å². The van der Waals surface area contributed by atoms with Gasteiger partial charge in [0.2, 0.25) is 0 Å². The van der Waals surface area contributed by atoms with Gasteiger partial charge in [0.15, 0.2) is 0 Å². The maximum absolute atomic E-state index is 11.3. The predicted octanol–water partition coefficient (Wildman–Crippen LogP) is -4.16. The van der Waals surface area contributed by atoms with Crippen LogP contribution in [-0.4, -0.2) is 29.1 Å². The molecule has 0 saturated heterocycles. The zero-order chi connectivity index (χ0) is 14.7. The van der Waals surface area contributed by atoms with Crippen molar-refractivity contribution in [1.29, 1.82) is 0 Å². The molecule has 114 valence electrons. The molecule has 21 heavy (non-hydrogen) atoms. The molecule has 0 aromatic heterocycles. The standard InChI is InChI=1S/C13H23NO5.2K.2H/c1-2-3-4-5-6-7-11(15)19-12(16)9-8-10(14)13(17)18;;;;/h10H,2-9,14H2,1H3,(H,17,18);;;;/q;2*+1;2*-1/t10-;;;;/m0..../s1. The molecule has 6 nitrogen and oxygen atoms in total. The zero-order valence-corrected chi connectivity index (χ0v) is 19.6. The van der Waals surface area contributed by atoms with Crippen LogP contribution in [0.5, 0.6) is 0 Å². The topological polar surface area (TPSA) is 107 Å². The number of carbonyl (C=O) groups is 3. The van der Waals surface area contributed by atoms with Gasteiger partial charge >= 0.3 is 121 Å². The number of ether oxygens (including phenoxy) is 1. The number of unbranched alkanes of at least 4 members (excludes halogenated alkanes) is 4. The number of nitrogens with two attached hydrogens (primary N) is 1. The van der Waals surface area contributed by atoms with Crippen LogP contribution in [0.2, 0.25) is 0 Å². The number of esters is 2. The van der Waals surface area contributed by atoms with E-state index in [-0.39, 0.29) is 125 Å². The molecule has 3 N–H and O–H groups in total. The second-order valence-electron chi connectivity index (χ2n) is 4.49. The summed E-state index contributed by atoms with van der Waals surface area (Å²) in [5.74, 6) is -2.43. The van der Waals surface area contributed by atoms with E-state index in [1.165, 1.54) is 0 Å². The SMILES string of the molecule is CCCCCCCC(=O)OC(=O)CC[C@H](N)C(=O)O.[H-].[H-].[K+].[K+]. The van der Waals surface area contributed by atoms with E-state index in [9.17, 15) is 14.4 Å². The Morgan fingerprint density at radius 1 is 1.05 bits per heavy atom. The second kappa shape index (κ2) is 18.2. The van der Waals surface area contributed by atoms with Gasteiger partial charge in [0.05, 0.1) is 0 Å². The molecule has 0 aliphatic carbocycles. The monoisotopic (exact) mass is 353 g/mol. The number of carboxylic acid groups (broad SMARTS) is 1. The summed E-state index contributed by atoms with van der Waals surface area (Å²) in [5.41, 5.74) is 5.23. The number of hydrogen-bond acceptors (Lipinski definition) is 5. The summed E-state index contributed by atoms with van der Waals surface area (Å²) in [6, 6.07) is -1.10. The third-order valence-corrected chi connectivity index (χ3v) is 2.69. The average Bonchev–Trinajstić information content (AvgIpc) is 2.35. The van der Waals surface area contributed by atoms with Crippen LogP contribution in [0.15, 0.2) is 0 Å². The van der Waals surface area contributed by atoms with Crippen LogP contribution in [0.4, 0.5) is 0 Å². The molecule has 0 aromatic carbocycles. The Kier molecular flexibility index (Phi) is 24.0. The Hall–Kier alpha value is 1.84. The van der Waals surface area contributed by atoms with Gasteiger partial charge in [-0.2, -0.15) is 0 Å². The van der Waals surface area contributed by atoms with Gasteiger partial charge in [-0.25, -0.2) is 0 Å². The maximum atomic E-state index is 11.3. The summed E-state index contributed by atoms with van der Waals surface area (Å²) in [4.78, 5) is 32.9. The van der Waals surface area contributed by atoms with Crippen molar-refractivity contribution in [2.24, 2.45) is 5.73 Å². The molecule has 0 heterocycles. The molecular formula is C13H25K2NO5. The molecule has 8 heteroatoms. The first-order valence-corrected chi connectivity index (χ1v) is 6.69. The van der Waals surface area contributed by atoms with Crippen LogP contribution in [0.3, 0.4) is 0 Å². The van der Waals surface area contributed by atoms with E-state index in [4.69, 9.17) is 10.8 Å². The Morgan fingerprint density at radius 2 is 1.57 bits per heavy atom. The van der Waals surface area contributed by atoms with E-state index in [1.54, 1.807) is 0 Å². The van der Waals surface area contributed by atoms with Crippen LogP contribution >= 0.6 is 0 Å². The van der Waals surface area contributed by atoms with Crippen LogP contribution in [-0.2, 0) is 19.1 Å². The van der Waals surface area contributed by atoms with Crippen molar-refractivity contribution in [2.75, 3.05) is 0 Å². The summed E-state index contributed by atoms with van der Waals surface area (Å²) in [5, 5.41) is 8.52. The van der Waals surface area contributed by atoms with E-state index in [0.717, 1.165) is 25.7 Å². The van der Waals surface area contributed by atoms with E-state index < -0.39 is 23.9 Å². The summed E-state index contributed by atoms with van der Waals surface area (Å²) in [6.07, 6.45) is 5.04. The minimum Gasteiger partial charge on any atom is -1.00 e. The van der Waals surface area contributed by atoms with Gasteiger partial charge in [-0.3, -0.25) is 14.4 Å². The number of carboxylic acids is 1. The smallest absolute Gasteiger partial charge is 1.00 e. The van der Waals surface area contributed by atoms with Crippen molar-refractivity contribution < 1.29 is 130 Å². The van der Waals surface area contributed by atoms with Crippen LogP contribution in [0.1, 0.15) is 61.1 Å². The number of hydrogen-bond donors (Lipinski definition) is 2. The molecule has 1 atom stereocenters. The average molecular weight is 354 g/mol. The molecule has 0 spiro atoms. The fourth-order valence-electron chi connectivity index (χ4n) is 1.50. The normalized spacial score (nSPS) is 10.8. The van der Waals surface area contributed by atoms with E-state index in [2.05, 4.69) is 11.7 Å². The molecule has 0 amide bonds. The molecule has 0 aliphatic heterocycles. The van der Waals surface area contributed by atoms with Crippen molar-refractivity contribution in [2.45, 2.75) is 64.3 Å². The summed E-state index contributed by atoms with van der Waals surface area (Å²) in [7, 11) is 0. The van der Waals surface area contributed by atoms with Crippen molar-refractivity contribution in [3.63, 3.8) is 0 Å². The van der Waals surface area contributed by atoms with E-state index >= 15 is 0 Å². The van der Waals surface area contributed by atoms with Gasteiger partial charge in [0.1, 0.15) is 6.04 Å². The molecule has 0 rings (SSSR count). The third-order valence-electron chi connectivity index (χ3n) is 2.69. The first-order valence-electron chi connectivity index (χ1n) is 6.69. The Labute approximate surface area is 214 Å². The molecule has 0 bridgehead atoms. The molecule has 0 radical (unpaired) electrons. The van der Waals surface area contributed by atoms with Crippen molar-refractivity contribution in [3.8, 4) is 0 Å². The fraction of sp³-hybridized carbons (Fsp3) is 0.769. The van der Waals surface area contributed by atoms with Crippen molar-refractivity contribution >= 4 is 17.9 Å². The van der Waals surface area contributed by atoms with E-state index in [0.29, 0.717) is 6.42 Å². The predicted molar refractivity (Wildman–Crippen MR) is 71.5 cm³/mol. The first-order chi connectivity index (χ1) is 8.97. The molecule has 0 aliphatic rings. The summed E-state index contributed by atoms with van der Waals surface area (Å²) >= 11 is 0. The van der Waals surface area contributed by atoms with Gasteiger partial charge in [-0.15, -0.1) is 0 Å². The Bertz CT molecular complexity index is 323. The number of carbonyl (C=O) groups excluding carboxylic acids is 2. The fourth-order valence-corrected chi connectivity index (χ4v) is 1.50. The van der Waals surface area contributed by atoms with Crippen molar-refractivity contribution in [1.82, 2.24) is 0 Å². The van der Waals surface area contributed by atoms with Crippen LogP contribution in [0, 0.1) is 0 Å². The van der Waals surface area contributed by atoms with Gasteiger partial charge in [0.25, 0.3) is 0 Å². The number of rotatable bonds is 10. The zero-order valence-electron chi connectivity index (χ0n) is 15.4. The molecule has 0 unspecified atom stereocenters. The van der Waals surface area contributed by atoms with Gasteiger partial charge in [0, 0.05) is 12.8 Å². The van der Waals surface area contributed by atoms with Crippen LogP contribution in [0.25, 0.3) is 0 Å². The van der Waals surface area contributed by atoms with Gasteiger partial charge in [-0.1, -0.05) is 32.6 Å². The first kappa shape index (κ1) is 27.7. The van der Waals surface area contributed by atoms with Gasteiger partial charge < -0.3 is 18.4 Å². The van der Waals surface area contributed by atoms with Gasteiger partial charge in [-0.05, 0) is 12.8 Å². The molecule has 0 fully saturated rings. The summed E-state index contributed by atoms with van der Waals surface area (Å²) < 4.78 is 4.56. The number of aliphatic carboxylic acids is 1. The third kappa shape index (κ3) is 18.0. The molecule has 0 aromatic rings. The second-order valence-corrected chi connectivity index (χ2v) is 4.49. The molecular weight excluding hydrogens is 328 g/mol. The quantitative estimate of drug-likeness (QED) is 0.179. The minimum atomic E-state index is -1.17. The maximum Gasteiger partial charge on any atom is 1.00 e. The molecule has 0 saturated carbocycles. The van der Waals surface area contributed by atoms with E-state index in [1.807, 2.05) is 0 Å².